The van der Waals surface area contributed by atoms with E-state index in [2.05, 4.69) is 22.0 Å². The topological polar surface area (TPSA) is 107 Å². The van der Waals surface area contributed by atoms with Gasteiger partial charge in [0.15, 0.2) is 5.78 Å². The van der Waals surface area contributed by atoms with Crippen LogP contribution in [0.15, 0.2) is 66.7 Å². The van der Waals surface area contributed by atoms with Crippen molar-refractivity contribution in [2.24, 2.45) is 0 Å². The first kappa shape index (κ1) is 31.7. The maximum atomic E-state index is 13.9. The number of amides is 1. The van der Waals surface area contributed by atoms with Crippen LogP contribution in [0.2, 0.25) is 0 Å². The van der Waals surface area contributed by atoms with Gasteiger partial charge >= 0.3 is 5.97 Å². The molecule has 0 atom stereocenters. The number of Topliss-reactive ketones (excluding diaryl/α,β-unsaturated/α-hetero) is 1. The molecule has 48 heavy (non-hydrogen) atoms. The Morgan fingerprint density at radius 3 is 2.60 bits per heavy atom. The van der Waals surface area contributed by atoms with Gasteiger partial charge in [0.25, 0.3) is 5.91 Å². The number of nitrogens with zero attached hydrogens (tertiary/aromatic N) is 1. The maximum Gasteiger partial charge on any atom is 0.328 e. The second-order valence-electron chi connectivity index (χ2n) is 13.3. The molecule has 2 aliphatic carbocycles. The number of hydrogen-bond acceptors (Lipinski definition) is 5. The average molecular weight is 647 g/mol. The van der Waals surface area contributed by atoms with E-state index >= 15 is 0 Å². The van der Waals surface area contributed by atoms with Crippen molar-refractivity contribution in [3.05, 3.63) is 89.0 Å². The van der Waals surface area contributed by atoms with Gasteiger partial charge in [-0.15, -0.1) is 0 Å². The van der Waals surface area contributed by atoms with Gasteiger partial charge in [-0.25, -0.2) is 4.79 Å². The predicted molar refractivity (Wildman–Crippen MR) is 186 cm³/mol. The van der Waals surface area contributed by atoms with Gasteiger partial charge in [-0.2, -0.15) is 0 Å². The highest BCUT2D eigenvalue weighted by Gasteiger charge is 2.45. The number of ether oxygens (including phenoxy) is 2. The number of benzene rings is 3. The van der Waals surface area contributed by atoms with Crippen molar-refractivity contribution in [1.82, 2.24) is 9.88 Å². The largest absolute Gasteiger partial charge is 0.494 e. The van der Waals surface area contributed by atoms with Crippen LogP contribution in [-0.4, -0.2) is 46.1 Å². The van der Waals surface area contributed by atoms with Gasteiger partial charge < -0.3 is 24.5 Å². The van der Waals surface area contributed by atoms with Crippen LogP contribution >= 0.6 is 0 Å². The molecule has 4 aromatic rings. The molecule has 0 unspecified atom stereocenters. The fourth-order valence-corrected chi connectivity index (χ4v) is 7.79. The van der Waals surface area contributed by atoms with E-state index < -0.39 is 11.5 Å². The smallest absolute Gasteiger partial charge is 0.328 e. The Labute approximate surface area is 280 Å². The van der Waals surface area contributed by atoms with E-state index in [0.717, 1.165) is 53.5 Å². The van der Waals surface area contributed by atoms with E-state index in [1.54, 1.807) is 6.07 Å². The second-order valence-corrected chi connectivity index (χ2v) is 13.3. The number of nitrogens with one attached hydrogen (secondary N) is 1. The van der Waals surface area contributed by atoms with Crippen LogP contribution in [0, 0.1) is 0 Å². The highest BCUT2D eigenvalue weighted by Crippen LogP contribution is 2.48. The third-order valence-electron chi connectivity index (χ3n) is 10.3. The Morgan fingerprint density at radius 1 is 1.02 bits per heavy atom. The molecule has 2 saturated carbocycles. The molecule has 7 rings (SSSR count). The van der Waals surface area contributed by atoms with Crippen LogP contribution < -0.4 is 14.8 Å². The van der Waals surface area contributed by atoms with E-state index in [0.29, 0.717) is 49.6 Å². The molecular weight excluding hydrogens is 604 g/mol. The van der Waals surface area contributed by atoms with Gasteiger partial charge in [-0.05, 0) is 92.0 Å². The van der Waals surface area contributed by atoms with E-state index in [1.807, 2.05) is 49.4 Å². The second kappa shape index (κ2) is 13.3. The van der Waals surface area contributed by atoms with Crippen molar-refractivity contribution in [3.63, 3.8) is 0 Å². The molecule has 1 amide bonds. The standard InChI is InChI=1S/C40H42N2O6/c1-2-47-30-14-16-32-34(25-30)48-21-20-42-33-24-29(13-15-31(33)37(38(32)42)28-10-4-3-5-11-28)39(46)41-40(18-7-19-40)35(43)23-27-9-6-8-26(22-27)12-17-36(44)45/h6,8-9,12-17,22,24-25,28H,2-5,7,10-11,18-21,23H2,1H3,(H,41,46)(H,44,45)/b17-12+. The zero-order chi connectivity index (χ0) is 33.3. The van der Waals surface area contributed by atoms with Gasteiger partial charge in [0.1, 0.15) is 18.1 Å². The molecule has 0 bridgehead atoms. The van der Waals surface area contributed by atoms with Crippen LogP contribution in [-0.2, 0) is 22.6 Å². The van der Waals surface area contributed by atoms with Gasteiger partial charge in [0.2, 0.25) is 0 Å². The van der Waals surface area contributed by atoms with Crippen LogP contribution in [0.3, 0.4) is 0 Å². The molecule has 1 aliphatic heterocycles. The lowest BCUT2D eigenvalue weighted by atomic mass is 9.72. The van der Waals surface area contributed by atoms with Crippen LogP contribution in [0.4, 0.5) is 0 Å². The van der Waals surface area contributed by atoms with E-state index in [4.69, 9.17) is 14.6 Å². The molecule has 0 spiro atoms. The Balaban J connectivity index is 1.21. The number of rotatable bonds is 10. The van der Waals surface area contributed by atoms with Gasteiger partial charge in [-0.1, -0.05) is 49.6 Å². The monoisotopic (exact) mass is 646 g/mol. The Morgan fingerprint density at radius 2 is 1.85 bits per heavy atom. The molecule has 2 N–H and O–H groups in total. The molecule has 0 radical (unpaired) electrons. The van der Waals surface area contributed by atoms with Crippen LogP contribution in [0.1, 0.15) is 91.3 Å². The fraction of sp³-hybridized carbons (Fsp3) is 0.375. The van der Waals surface area contributed by atoms with E-state index in [9.17, 15) is 14.4 Å². The molecule has 2 fully saturated rings. The molecule has 0 saturated heterocycles. The summed E-state index contributed by atoms with van der Waals surface area (Å²) in [5, 5.41) is 13.3. The molecule has 1 aromatic heterocycles. The number of aliphatic carboxylic acids is 1. The number of aromatic nitrogens is 1. The SMILES string of the molecule is CCOc1ccc2c(c1)OCCn1c-2c(C2CCCCC2)c2ccc(C(=O)NC3(C(=O)Cc4cccc(/C=C/C(=O)O)c4)CCC3)cc21. The first-order valence-electron chi connectivity index (χ1n) is 17.3. The maximum absolute atomic E-state index is 13.9. The third-order valence-corrected chi connectivity index (χ3v) is 10.3. The summed E-state index contributed by atoms with van der Waals surface area (Å²) in [5.41, 5.74) is 5.72. The Kier molecular flexibility index (Phi) is 8.82. The summed E-state index contributed by atoms with van der Waals surface area (Å²) < 4.78 is 14.4. The van der Waals surface area contributed by atoms with Crippen molar-refractivity contribution >= 4 is 34.6 Å². The van der Waals surface area contributed by atoms with Crippen molar-refractivity contribution in [2.45, 2.75) is 82.7 Å². The van der Waals surface area contributed by atoms with Gasteiger partial charge in [0.05, 0.1) is 24.4 Å². The number of carbonyl (C=O) groups excluding carboxylic acids is 2. The molecular formula is C40H42N2O6. The molecule has 2 heterocycles. The minimum Gasteiger partial charge on any atom is -0.494 e. The molecule has 8 heteroatoms. The first-order valence-corrected chi connectivity index (χ1v) is 17.3. The summed E-state index contributed by atoms with van der Waals surface area (Å²) >= 11 is 0. The summed E-state index contributed by atoms with van der Waals surface area (Å²) in [6.45, 7) is 3.73. The van der Waals surface area contributed by atoms with Crippen LogP contribution in [0.5, 0.6) is 11.5 Å². The van der Waals surface area contributed by atoms with Gasteiger partial charge in [-0.3, -0.25) is 9.59 Å². The minimum absolute atomic E-state index is 0.0288. The lowest BCUT2D eigenvalue weighted by Gasteiger charge is -2.41. The van der Waals surface area contributed by atoms with Crippen molar-refractivity contribution < 1.29 is 29.0 Å². The Hall–Kier alpha value is -4.85. The lowest BCUT2D eigenvalue weighted by Crippen LogP contribution is -2.59. The van der Waals surface area contributed by atoms with Crippen LogP contribution in [0.25, 0.3) is 28.2 Å². The Bertz CT molecular complexity index is 1910. The van der Waals surface area contributed by atoms with Crippen molar-refractivity contribution in [3.8, 4) is 22.8 Å². The molecule has 8 nitrogen and oxygen atoms in total. The summed E-state index contributed by atoms with van der Waals surface area (Å²) in [4.78, 5) is 38.6. The number of carboxylic acids is 1. The minimum atomic E-state index is -1.03. The third kappa shape index (κ3) is 6.12. The molecule has 3 aliphatic rings. The zero-order valence-corrected chi connectivity index (χ0v) is 27.4. The number of carbonyl (C=O) groups is 3. The first-order chi connectivity index (χ1) is 23.3. The van der Waals surface area contributed by atoms with E-state index in [1.165, 1.54) is 42.0 Å². The van der Waals surface area contributed by atoms with E-state index in [-0.39, 0.29) is 18.1 Å². The predicted octanol–water partition coefficient (Wildman–Crippen LogP) is 7.71. The van der Waals surface area contributed by atoms with Crippen molar-refractivity contribution in [2.75, 3.05) is 13.2 Å². The summed E-state index contributed by atoms with van der Waals surface area (Å²) in [6, 6.07) is 19.4. The number of ketones is 1. The number of hydrogen-bond donors (Lipinski definition) is 2. The summed E-state index contributed by atoms with van der Waals surface area (Å²) in [7, 11) is 0. The molecule has 3 aromatic carbocycles. The summed E-state index contributed by atoms with van der Waals surface area (Å²) in [6.07, 6.45) is 10.8. The zero-order valence-electron chi connectivity index (χ0n) is 27.4. The lowest BCUT2D eigenvalue weighted by molar-refractivity contribution is -0.131. The normalized spacial score (nSPS) is 17.1. The van der Waals surface area contributed by atoms with Crippen molar-refractivity contribution in [1.29, 1.82) is 0 Å². The van der Waals surface area contributed by atoms with Gasteiger partial charge in [0, 0.05) is 40.6 Å². The molecule has 248 valence electrons. The number of fused-ring (bicyclic) bond motifs is 5. The fourth-order valence-electron chi connectivity index (χ4n) is 7.79. The number of carboxylic acid groups (broad SMARTS) is 1. The summed E-state index contributed by atoms with van der Waals surface area (Å²) in [5.74, 6) is 0.751. The highest BCUT2D eigenvalue weighted by molar-refractivity contribution is 6.04. The highest BCUT2D eigenvalue weighted by atomic mass is 16.5. The quantitative estimate of drug-likeness (QED) is 0.171. The average Bonchev–Trinajstić information content (AvgIpc) is 3.27.